The molecule has 0 saturated carbocycles. The predicted octanol–water partition coefficient (Wildman–Crippen LogP) is 3.22. The molecular weight excluding hydrogens is 365 g/mol. The number of nitrogens with one attached hydrogen (secondary N) is 1. The van der Waals surface area contributed by atoms with Crippen molar-refractivity contribution in [3.63, 3.8) is 0 Å². The number of sulfonamides is 1. The maximum atomic E-state index is 13.4. The number of halogens is 2. The van der Waals surface area contributed by atoms with E-state index in [1.807, 2.05) is 0 Å². The molecule has 1 heterocycles. The molecule has 1 atom stereocenters. The fourth-order valence-electron chi connectivity index (χ4n) is 1.93. The number of rotatable bonds is 7. The van der Waals surface area contributed by atoms with E-state index in [0.717, 1.165) is 17.0 Å². The van der Waals surface area contributed by atoms with Crippen molar-refractivity contribution in [2.45, 2.75) is 11.0 Å². The van der Waals surface area contributed by atoms with Crippen molar-refractivity contribution >= 4 is 33.0 Å². The number of hydrogen-bond acceptors (Lipinski definition) is 5. The fraction of sp³-hybridized carbons (Fsp3) is 0.286. The topological polar surface area (TPSA) is 64.6 Å². The Balaban J connectivity index is 2.19. The van der Waals surface area contributed by atoms with Gasteiger partial charge in [0.1, 0.15) is 22.6 Å². The summed E-state index contributed by atoms with van der Waals surface area (Å²) in [6.45, 7) is -0.0185. The van der Waals surface area contributed by atoms with Gasteiger partial charge in [0.15, 0.2) is 0 Å². The normalized spacial score (nSPS) is 13.0. The molecule has 2 rings (SSSR count). The average molecular weight is 380 g/mol. The molecule has 1 aromatic heterocycles. The van der Waals surface area contributed by atoms with Gasteiger partial charge in [0, 0.05) is 18.5 Å². The first-order chi connectivity index (χ1) is 10.9. The minimum Gasteiger partial charge on any atom is -0.495 e. The molecule has 0 aliphatic rings. The molecule has 2 aromatic rings. The Labute approximate surface area is 143 Å². The van der Waals surface area contributed by atoms with Gasteiger partial charge < -0.3 is 9.47 Å². The van der Waals surface area contributed by atoms with E-state index in [9.17, 15) is 12.8 Å². The van der Waals surface area contributed by atoms with E-state index in [1.54, 1.807) is 12.1 Å². The Bertz CT molecular complexity index is 779. The van der Waals surface area contributed by atoms with Crippen LogP contribution >= 0.6 is 22.9 Å². The lowest BCUT2D eigenvalue weighted by molar-refractivity contribution is 0.110. The molecule has 0 aliphatic heterocycles. The van der Waals surface area contributed by atoms with Gasteiger partial charge in [-0.1, -0.05) is 11.6 Å². The van der Waals surface area contributed by atoms with Crippen molar-refractivity contribution in [2.24, 2.45) is 0 Å². The molecule has 1 N–H and O–H groups in total. The Hall–Kier alpha value is -1.19. The minimum absolute atomic E-state index is 0.0185. The average Bonchev–Trinajstić information content (AvgIpc) is 2.94. The first-order valence-corrected chi connectivity index (χ1v) is 9.16. The summed E-state index contributed by atoms with van der Waals surface area (Å²) in [6.07, 6.45) is -0.498. The molecule has 0 saturated heterocycles. The van der Waals surface area contributed by atoms with E-state index < -0.39 is 21.9 Å². The second-order valence-electron chi connectivity index (χ2n) is 4.51. The zero-order valence-electron chi connectivity index (χ0n) is 12.4. The number of ether oxygens (including phenoxy) is 2. The maximum Gasteiger partial charge on any atom is 0.244 e. The lowest BCUT2D eigenvalue weighted by Crippen LogP contribution is -2.29. The summed E-state index contributed by atoms with van der Waals surface area (Å²) in [5.74, 6) is -0.605. The van der Waals surface area contributed by atoms with E-state index in [4.69, 9.17) is 21.1 Å². The third-order valence-corrected chi connectivity index (χ3v) is 5.84. The zero-order valence-corrected chi connectivity index (χ0v) is 14.8. The van der Waals surface area contributed by atoms with Crippen molar-refractivity contribution in [2.75, 3.05) is 20.8 Å². The molecule has 5 nitrogen and oxygen atoms in total. The van der Waals surface area contributed by atoms with Crippen LogP contribution in [0.3, 0.4) is 0 Å². The second-order valence-corrected chi connectivity index (χ2v) is 8.00. The van der Waals surface area contributed by atoms with Gasteiger partial charge in [0.25, 0.3) is 0 Å². The summed E-state index contributed by atoms with van der Waals surface area (Å²) in [6, 6.07) is 6.76. The van der Waals surface area contributed by atoms with E-state index in [2.05, 4.69) is 4.72 Å². The van der Waals surface area contributed by atoms with Crippen molar-refractivity contribution in [1.82, 2.24) is 4.72 Å². The first kappa shape index (κ1) is 18.2. The molecule has 0 spiro atoms. The third-order valence-electron chi connectivity index (χ3n) is 3.07. The highest BCUT2D eigenvalue weighted by atomic mass is 35.5. The number of thiophene rings is 1. The van der Waals surface area contributed by atoms with Crippen LogP contribution in [0.1, 0.15) is 11.0 Å². The van der Waals surface area contributed by atoms with Crippen molar-refractivity contribution in [3.8, 4) is 5.75 Å². The summed E-state index contributed by atoms with van der Waals surface area (Å²) < 4.78 is 51.4. The third kappa shape index (κ3) is 4.42. The smallest absolute Gasteiger partial charge is 0.244 e. The summed E-state index contributed by atoms with van der Waals surface area (Å²) in [7, 11) is -1.17. The Morgan fingerprint density at radius 3 is 2.61 bits per heavy atom. The molecular formula is C14H15ClFNO4S2. The van der Waals surface area contributed by atoms with Gasteiger partial charge in [-0.05, 0) is 30.3 Å². The monoisotopic (exact) mass is 379 g/mol. The van der Waals surface area contributed by atoms with Gasteiger partial charge in [-0.15, -0.1) is 11.3 Å². The van der Waals surface area contributed by atoms with Gasteiger partial charge in [-0.2, -0.15) is 0 Å². The van der Waals surface area contributed by atoms with Gasteiger partial charge in [0.2, 0.25) is 10.0 Å². The summed E-state index contributed by atoms with van der Waals surface area (Å²) in [5, 5.41) is 0. The molecule has 0 aliphatic carbocycles. The van der Waals surface area contributed by atoms with Crippen LogP contribution < -0.4 is 9.46 Å². The van der Waals surface area contributed by atoms with Gasteiger partial charge in [-0.25, -0.2) is 17.5 Å². The molecule has 1 unspecified atom stereocenters. The second kappa shape index (κ2) is 7.59. The number of benzene rings is 1. The van der Waals surface area contributed by atoms with Crippen LogP contribution in [0.5, 0.6) is 5.75 Å². The minimum atomic E-state index is -3.96. The molecule has 9 heteroatoms. The molecule has 0 bridgehead atoms. The van der Waals surface area contributed by atoms with E-state index >= 15 is 0 Å². The summed E-state index contributed by atoms with van der Waals surface area (Å²) in [5.41, 5.74) is 0. The van der Waals surface area contributed by atoms with Crippen LogP contribution in [0.4, 0.5) is 4.39 Å². The lowest BCUT2D eigenvalue weighted by Gasteiger charge is -2.16. The molecule has 0 radical (unpaired) electrons. The van der Waals surface area contributed by atoms with E-state index in [1.165, 1.54) is 31.6 Å². The van der Waals surface area contributed by atoms with Crippen molar-refractivity contribution in [3.05, 3.63) is 45.4 Å². The van der Waals surface area contributed by atoms with Crippen LogP contribution in [-0.2, 0) is 14.8 Å². The van der Waals surface area contributed by atoms with Crippen molar-refractivity contribution < 1.29 is 22.3 Å². The maximum absolute atomic E-state index is 13.4. The van der Waals surface area contributed by atoms with Crippen LogP contribution in [-0.4, -0.2) is 29.2 Å². The zero-order chi connectivity index (χ0) is 17.0. The van der Waals surface area contributed by atoms with Gasteiger partial charge in [-0.3, -0.25) is 0 Å². The van der Waals surface area contributed by atoms with Crippen LogP contribution in [0, 0.1) is 5.82 Å². The Kier molecular flexibility index (Phi) is 5.99. The molecule has 1 aromatic carbocycles. The van der Waals surface area contributed by atoms with E-state index in [-0.39, 0.29) is 17.2 Å². The summed E-state index contributed by atoms with van der Waals surface area (Å²) >= 11 is 7.17. The highest BCUT2D eigenvalue weighted by Gasteiger charge is 2.23. The van der Waals surface area contributed by atoms with Gasteiger partial charge >= 0.3 is 0 Å². The molecule has 126 valence electrons. The Morgan fingerprint density at radius 1 is 1.30 bits per heavy atom. The largest absolute Gasteiger partial charge is 0.495 e. The quantitative estimate of drug-likeness (QED) is 0.802. The number of hydrogen-bond donors (Lipinski definition) is 1. The highest BCUT2D eigenvalue weighted by molar-refractivity contribution is 7.89. The van der Waals surface area contributed by atoms with Crippen LogP contribution in [0.25, 0.3) is 0 Å². The SMILES string of the molecule is COc1ccc(F)cc1S(=O)(=O)NCC(OC)c1ccc(Cl)s1. The van der Waals surface area contributed by atoms with Crippen LogP contribution in [0.15, 0.2) is 35.2 Å². The van der Waals surface area contributed by atoms with Crippen molar-refractivity contribution in [1.29, 1.82) is 0 Å². The number of methoxy groups -OCH3 is 2. The molecule has 0 fully saturated rings. The molecule has 0 amide bonds. The molecule has 23 heavy (non-hydrogen) atoms. The van der Waals surface area contributed by atoms with Crippen LogP contribution in [0.2, 0.25) is 4.34 Å². The fourth-order valence-corrected chi connectivity index (χ4v) is 4.27. The van der Waals surface area contributed by atoms with Gasteiger partial charge in [0.05, 0.1) is 11.4 Å². The first-order valence-electron chi connectivity index (χ1n) is 6.48. The summed E-state index contributed by atoms with van der Waals surface area (Å²) in [4.78, 5) is 0.519. The Morgan fingerprint density at radius 2 is 2.04 bits per heavy atom. The van der Waals surface area contributed by atoms with E-state index in [0.29, 0.717) is 4.34 Å². The predicted molar refractivity (Wildman–Crippen MR) is 87.2 cm³/mol. The lowest BCUT2D eigenvalue weighted by atomic mass is 10.3. The standard InChI is InChI=1S/C14H15ClFNO4S2/c1-20-10-4-3-9(16)7-13(10)23(18,19)17-8-11(21-2)12-5-6-14(15)22-12/h3-7,11,17H,8H2,1-2H3. The highest BCUT2D eigenvalue weighted by Crippen LogP contribution is 2.29.